The van der Waals surface area contributed by atoms with E-state index in [0.29, 0.717) is 21.3 Å². The summed E-state index contributed by atoms with van der Waals surface area (Å²) in [5, 5.41) is 8.29. The summed E-state index contributed by atoms with van der Waals surface area (Å²) >= 11 is 1.40. The van der Waals surface area contributed by atoms with Gasteiger partial charge in [-0.15, -0.1) is 11.3 Å². The second-order valence-electron chi connectivity index (χ2n) is 6.56. The van der Waals surface area contributed by atoms with Crippen molar-refractivity contribution in [2.45, 2.75) is 25.7 Å². The van der Waals surface area contributed by atoms with Crippen LogP contribution in [0.5, 0.6) is 0 Å². The van der Waals surface area contributed by atoms with E-state index in [1.54, 1.807) is 24.3 Å². The Morgan fingerprint density at radius 2 is 1.89 bits per heavy atom. The zero-order chi connectivity index (χ0) is 19.1. The third-order valence-corrected chi connectivity index (χ3v) is 6.02. The number of thiophene rings is 1. The second kappa shape index (κ2) is 6.62. The highest BCUT2D eigenvalue weighted by Crippen LogP contribution is 2.38. The van der Waals surface area contributed by atoms with Crippen LogP contribution in [-0.2, 0) is 19.9 Å². The molecule has 1 aliphatic rings. The number of anilines is 1. The maximum Gasteiger partial charge on any atom is 0.277 e. The van der Waals surface area contributed by atoms with Crippen LogP contribution < -0.4 is 16.6 Å². The molecule has 3 N–H and O–H groups in total. The van der Waals surface area contributed by atoms with E-state index >= 15 is 0 Å². The van der Waals surface area contributed by atoms with Crippen LogP contribution in [0, 0.1) is 0 Å². The fraction of sp³-hybridized carbons (Fsp3) is 0.263. The van der Waals surface area contributed by atoms with Crippen molar-refractivity contribution in [3.63, 3.8) is 0 Å². The van der Waals surface area contributed by atoms with Crippen molar-refractivity contribution in [3.8, 4) is 0 Å². The summed E-state index contributed by atoms with van der Waals surface area (Å²) in [5.41, 5.74) is 6.80. The van der Waals surface area contributed by atoms with Gasteiger partial charge in [0.15, 0.2) is 5.69 Å². The van der Waals surface area contributed by atoms with Gasteiger partial charge in [-0.25, -0.2) is 4.68 Å². The molecule has 27 heavy (non-hydrogen) atoms. The van der Waals surface area contributed by atoms with Crippen LogP contribution >= 0.6 is 11.3 Å². The van der Waals surface area contributed by atoms with E-state index in [0.717, 1.165) is 40.8 Å². The summed E-state index contributed by atoms with van der Waals surface area (Å²) in [7, 11) is 1.50. The summed E-state index contributed by atoms with van der Waals surface area (Å²) < 4.78 is 1.14. The number of rotatable bonds is 3. The van der Waals surface area contributed by atoms with Gasteiger partial charge in [-0.05, 0) is 37.3 Å². The molecule has 0 bridgehead atoms. The molecule has 3 aromatic rings. The maximum absolute atomic E-state index is 12.9. The van der Waals surface area contributed by atoms with Gasteiger partial charge < -0.3 is 11.1 Å². The van der Waals surface area contributed by atoms with Crippen LogP contribution in [0.2, 0.25) is 0 Å². The fourth-order valence-electron chi connectivity index (χ4n) is 3.54. The number of amides is 2. The number of fused-ring (bicyclic) bond motifs is 2. The summed E-state index contributed by atoms with van der Waals surface area (Å²) in [5.74, 6) is -1.01. The molecule has 2 heterocycles. The van der Waals surface area contributed by atoms with Crippen LogP contribution in [-0.4, -0.2) is 21.6 Å². The zero-order valence-electron chi connectivity index (χ0n) is 14.7. The highest BCUT2D eigenvalue weighted by atomic mass is 32.1. The molecular weight excluding hydrogens is 364 g/mol. The third kappa shape index (κ3) is 2.91. The first-order chi connectivity index (χ1) is 13.0. The lowest BCUT2D eigenvalue weighted by molar-refractivity contribution is 0.100. The molecule has 0 spiro atoms. The van der Waals surface area contributed by atoms with E-state index in [9.17, 15) is 14.4 Å². The Morgan fingerprint density at radius 3 is 2.63 bits per heavy atom. The Balaban J connectivity index is 1.79. The lowest BCUT2D eigenvalue weighted by atomic mass is 9.95. The van der Waals surface area contributed by atoms with E-state index in [1.165, 1.54) is 18.4 Å². The molecule has 2 amide bonds. The van der Waals surface area contributed by atoms with Crippen LogP contribution in [0.3, 0.4) is 0 Å². The van der Waals surface area contributed by atoms with Crippen molar-refractivity contribution in [3.05, 3.63) is 56.3 Å². The van der Waals surface area contributed by atoms with Gasteiger partial charge in [0, 0.05) is 17.3 Å². The number of carbonyl (C=O) groups is 2. The molecule has 0 atom stereocenters. The molecule has 0 aliphatic heterocycles. The van der Waals surface area contributed by atoms with Gasteiger partial charge in [-0.3, -0.25) is 14.4 Å². The Kier molecular flexibility index (Phi) is 4.27. The van der Waals surface area contributed by atoms with Gasteiger partial charge in [-0.1, -0.05) is 18.2 Å². The number of nitrogens with two attached hydrogens (primary N) is 1. The number of aryl methyl sites for hydroxylation is 2. The maximum atomic E-state index is 12.9. The van der Waals surface area contributed by atoms with Crippen molar-refractivity contribution >= 4 is 38.9 Å². The van der Waals surface area contributed by atoms with Crippen LogP contribution in [0.15, 0.2) is 29.1 Å². The average molecular weight is 382 g/mol. The highest BCUT2D eigenvalue weighted by Gasteiger charge is 2.26. The van der Waals surface area contributed by atoms with Gasteiger partial charge in [0.05, 0.1) is 10.9 Å². The number of benzene rings is 1. The number of nitrogens with zero attached hydrogens (tertiary/aromatic N) is 2. The van der Waals surface area contributed by atoms with E-state index in [2.05, 4.69) is 10.4 Å². The number of hydrogen-bond donors (Lipinski definition) is 2. The minimum Gasteiger partial charge on any atom is -0.365 e. The Morgan fingerprint density at radius 1 is 1.19 bits per heavy atom. The van der Waals surface area contributed by atoms with Crippen LogP contribution in [0.4, 0.5) is 5.00 Å². The zero-order valence-corrected chi connectivity index (χ0v) is 15.6. The fourth-order valence-corrected chi connectivity index (χ4v) is 4.83. The van der Waals surface area contributed by atoms with Gasteiger partial charge in [0.1, 0.15) is 5.00 Å². The summed E-state index contributed by atoms with van der Waals surface area (Å²) in [6.45, 7) is 0. The molecule has 7 nitrogen and oxygen atoms in total. The average Bonchev–Trinajstić information content (AvgIpc) is 3.02. The number of carbonyl (C=O) groups excluding carboxylic acids is 2. The largest absolute Gasteiger partial charge is 0.365 e. The SMILES string of the molecule is Cn1nc(C(=O)Nc2sc3c(c2C(N)=O)CCCC3)c2ccccc2c1=O. The van der Waals surface area contributed by atoms with E-state index in [4.69, 9.17) is 5.73 Å². The Bertz CT molecular complexity index is 1150. The monoisotopic (exact) mass is 382 g/mol. The van der Waals surface area contributed by atoms with E-state index < -0.39 is 11.8 Å². The Labute approximate surface area is 158 Å². The summed E-state index contributed by atoms with van der Waals surface area (Å²) in [6.07, 6.45) is 3.74. The molecule has 1 aliphatic carbocycles. The number of aromatic nitrogens is 2. The number of primary amides is 1. The first kappa shape index (κ1) is 17.4. The molecule has 0 fully saturated rings. The molecule has 4 rings (SSSR count). The van der Waals surface area contributed by atoms with Gasteiger partial charge >= 0.3 is 0 Å². The molecule has 138 valence electrons. The lowest BCUT2D eigenvalue weighted by Crippen LogP contribution is -2.26. The molecule has 8 heteroatoms. The number of nitrogens with one attached hydrogen (secondary N) is 1. The number of hydrogen-bond acceptors (Lipinski definition) is 5. The first-order valence-electron chi connectivity index (χ1n) is 8.69. The predicted octanol–water partition coefficient (Wildman–Crippen LogP) is 2.22. The van der Waals surface area contributed by atoms with E-state index in [1.807, 2.05) is 0 Å². The smallest absolute Gasteiger partial charge is 0.277 e. The minimum atomic E-state index is -0.539. The normalized spacial score (nSPS) is 13.4. The summed E-state index contributed by atoms with van der Waals surface area (Å²) in [6, 6.07) is 6.84. The minimum absolute atomic E-state index is 0.134. The molecule has 1 aromatic carbocycles. The van der Waals surface area contributed by atoms with Crippen molar-refractivity contribution in [1.29, 1.82) is 0 Å². The van der Waals surface area contributed by atoms with Crippen molar-refractivity contribution < 1.29 is 9.59 Å². The molecular formula is C19H18N4O3S. The van der Waals surface area contributed by atoms with Crippen LogP contribution in [0.25, 0.3) is 10.8 Å². The van der Waals surface area contributed by atoms with Crippen LogP contribution in [0.1, 0.15) is 44.1 Å². The summed E-state index contributed by atoms with van der Waals surface area (Å²) in [4.78, 5) is 38.3. The highest BCUT2D eigenvalue weighted by molar-refractivity contribution is 7.17. The topological polar surface area (TPSA) is 107 Å². The second-order valence-corrected chi connectivity index (χ2v) is 7.66. The van der Waals surface area contributed by atoms with Crippen molar-refractivity contribution in [2.24, 2.45) is 12.8 Å². The molecule has 0 saturated carbocycles. The quantitative estimate of drug-likeness (QED) is 0.724. The Hall–Kier alpha value is -3.00. The molecule has 0 saturated heterocycles. The van der Waals surface area contributed by atoms with E-state index in [-0.39, 0.29) is 11.3 Å². The third-order valence-electron chi connectivity index (χ3n) is 4.82. The predicted molar refractivity (Wildman–Crippen MR) is 104 cm³/mol. The van der Waals surface area contributed by atoms with Gasteiger partial charge in [0.25, 0.3) is 17.4 Å². The first-order valence-corrected chi connectivity index (χ1v) is 9.50. The van der Waals surface area contributed by atoms with Gasteiger partial charge in [0.2, 0.25) is 0 Å². The van der Waals surface area contributed by atoms with Crippen molar-refractivity contribution in [2.75, 3.05) is 5.32 Å². The lowest BCUT2D eigenvalue weighted by Gasteiger charge is -2.11. The van der Waals surface area contributed by atoms with Gasteiger partial charge in [-0.2, -0.15) is 5.10 Å². The van der Waals surface area contributed by atoms with Crippen molar-refractivity contribution in [1.82, 2.24) is 9.78 Å². The molecule has 0 radical (unpaired) electrons. The molecule has 2 aromatic heterocycles. The standard InChI is InChI=1S/C19H18N4O3S/c1-23-19(26)11-7-3-2-6-10(11)15(22-23)17(25)21-18-14(16(20)24)12-8-4-5-9-13(12)27-18/h2-3,6-7H,4-5,8-9H2,1H3,(H2,20,24)(H,21,25). The molecule has 0 unspecified atom stereocenters.